The van der Waals surface area contributed by atoms with E-state index in [-0.39, 0.29) is 11.9 Å². The van der Waals surface area contributed by atoms with Crippen LogP contribution in [0, 0.1) is 5.92 Å². The molecule has 2 N–H and O–H groups in total. The van der Waals surface area contributed by atoms with Crippen LogP contribution in [-0.2, 0) is 9.53 Å². The van der Waals surface area contributed by atoms with E-state index >= 15 is 0 Å². The van der Waals surface area contributed by atoms with Crippen molar-refractivity contribution in [3.8, 4) is 0 Å². The fraction of sp³-hybridized carbons (Fsp3) is 0.292. The topological polar surface area (TPSA) is 55.6 Å². The quantitative estimate of drug-likeness (QED) is 0.831. The summed E-state index contributed by atoms with van der Waals surface area (Å²) in [4.78, 5) is 14.8. The van der Waals surface area contributed by atoms with Gasteiger partial charge in [0.1, 0.15) is 6.04 Å². The van der Waals surface area contributed by atoms with E-state index in [0.717, 1.165) is 17.7 Å². The van der Waals surface area contributed by atoms with Crippen LogP contribution >= 0.6 is 0 Å². The van der Waals surface area contributed by atoms with E-state index in [0.29, 0.717) is 6.54 Å². The van der Waals surface area contributed by atoms with Crippen LogP contribution in [-0.4, -0.2) is 36.6 Å². The third kappa shape index (κ3) is 2.99. The van der Waals surface area contributed by atoms with Gasteiger partial charge in [-0.2, -0.15) is 0 Å². The monoisotopic (exact) mass is 374 g/mol. The summed E-state index contributed by atoms with van der Waals surface area (Å²) in [5.74, 6) is -0.0890. The zero-order chi connectivity index (χ0) is 19.7. The molecule has 0 amide bonds. The van der Waals surface area contributed by atoms with Crippen molar-refractivity contribution < 1.29 is 9.53 Å². The molecule has 4 rings (SSSR count). The molecular formula is C24H26N2O2. The largest absolute Gasteiger partial charge is 0.468 e. The number of hydrogen-bond acceptors (Lipinski definition) is 4. The van der Waals surface area contributed by atoms with Gasteiger partial charge in [0.25, 0.3) is 0 Å². The second-order valence-electron chi connectivity index (χ2n) is 7.56. The van der Waals surface area contributed by atoms with E-state index < -0.39 is 11.6 Å². The minimum atomic E-state index is -0.499. The lowest BCUT2D eigenvalue weighted by atomic mass is 9.84. The summed E-state index contributed by atoms with van der Waals surface area (Å²) in [7, 11) is 1.44. The van der Waals surface area contributed by atoms with Gasteiger partial charge in [-0.3, -0.25) is 4.90 Å². The van der Waals surface area contributed by atoms with Crippen LogP contribution in [0.4, 0.5) is 0 Å². The maximum Gasteiger partial charge on any atom is 0.327 e. The van der Waals surface area contributed by atoms with Gasteiger partial charge in [-0.15, -0.1) is 0 Å². The fourth-order valence-corrected chi connectivity index (χ4v) is 4.69. The Kier molecular flexibility index (Phi) is 4.92. The minimum Gasteiger partial charge on any atom is -0.468 e. The predicted molar refractivity (Wildman–Crippen MR) is 111 cm³/mol. The average Bonchev–Trinajstić information content (AvgIpc) is 3.19. The number of ether oxygens (including phenoxy) is 1. The number of carbonyl (C=O) groups is 1. The van der Waals surface area contributed by atoms with Crippen LogP contribution in [0.5, 0.6) is 0 Å². The number of rotatable bonds is 4. The summed E-state index contributed by atoms with van der Waals surface area (Å²) in [6, 6.07) is 19.7. The van der Waals surface area contributed by atoms with Crippen molar-refractivity contribution in [3.05, 3.63) is 89.5 Å². The summed E-state index contributed by atoms with van der Waals surface area (Å²) in [6.07, 6.45) is 4.40. The Morgan fingerprint density at radius 3 is 2.43 bits per heavy atom. The van der Waals surface area contributed by atoms with Crippen molar-refractivity contribution in [1.82, 2.24) is 4.90 Å². The highest BCUT2D eigenvalue weighted by atomic mass is 16.5. The van der Waals surface area contributed by atoms with Gasteiger partial charge in [-0.25, -0.2) is 4.79 Å². The molecule has 3 unspecified atom stereocenters. The molecule has 0 bridgehead atoms. The molecule has 2 aliphatic rings. The van der Waals surface area contributed by atoms with Crippen molar-refractivity contribution in [2.75, 3.05) is 20.2 Å². The zero-order valence-electron chi connectivity index (χ0n) is 16.3. The Hall–Kier alpha value is -2.69. The van der Waals surface area contributed by atoms with Gasteiger partial charge in [0.15, 0.2) is 0 Å². The number of nitrogens with zero attached hydrogens (tertiary/aromatic N) is 1. The molecule has 0 radical (unpaired) electrons. The van der Waals surface area contributed by atoms with Crippen molar-refractivity contribution in [3.63, 3.8) is 0 Å². The number of likely N-dealkylation sites (tertiary alicyclic amines) is 1. The third-order valence-electron chi connectivity index (χ3n) is 6.00. The highest BCUT2D eigenvalue weighted by molar-refractivity contribution is 5.86. The molecular weight excluding hydrogens is 348 g/mol. The van der Waals surface area contributed by atoms with Gasteiger partial charge < -0.3 is 10.5 Å². The van der Waals surface area contributed by atoms with Crippen molar-refractivity contribution >= 4 is 11.5 Å². The lowest BCUT2D eigenvalue weighted by Crippen LogP contribution is -2.47. The number of methoxy groups -OCH3 is 1. The lowest BCUT2D eigenvalue weighted by Gasteiger charge is -2.30. The van der Waals surface area contributed by atoms with Gasteiger partial charge in [0, 0.05) is 19.0 Å². The average molecular weight is 374 g/mol. The van der Waals surface area contributed by atoms with Crippen molar-refractivity contribution in [1.29, 1.82) is 0 Å². The van der Waals surface area contributed by atoms with Crippen LogP contribution in [0.15, 0.2) is 78.4 Å². The molecule has 1 aliphatic heterocycles. The predicted octanol–water partition coefficient (Wildman–Crippen LogP) is 3.57. The normalized spacial score (nSPS) is 26.8. The second kappa shape index (κ2) is 7.38. The molecule has 1 saturated heterocycles. The first-order chi connectivity index (χ1) is 13.6. The fourth-order valence-electron chi connectivity index (χ4n) is 4.69. The van der Waals surface area contributed by atoms with Crippen LogP contribution in [0.2, 0.25) is 0 Å². The van der Waals surface area contributed by atoms with E-state index in [9.17, 15) is 4.79 Å². The number of benzene rings is 2. The molecule has 0 spiro atoms. The second-order valence-corrected chi connectivity index (χ2v) is 7.56. The number of esters is 1. The molecule has 144 valence electrons. The standard InChI is InChI=1S/C24H26N2O2/c1-3-21-20(17-10-6-4-7-11-17)14-19-15-26(16-24(19,21)25)22(23(27)28-2)18-12-8-5-9-13-18/h3-14,19,22H,15-16,25H2,1-2H3/b21-3+. The van der Waals surface area contributed by atoms with Gasteiger partial charge in [-0.05, 0) is 29.2 Å². The highest BCUT2D eigenvalue weighted by Gasteiger charge is 2.52. The summed E-state index contributed by atoms with van der Waals surface area (Å²) in [5, 5.41) is 0. The van der Waals surface area contributed by atoms with E-state index in [1.54, 1.807) is 0 Å². The Labute approximate surface area is 166 Å². The number of nitrogens with two attached hydrogens (primary N) is 1. The number of hydrogen-bond donors (Lipinski definition) is 1. The molecule has 1 heterocycles. The van der Waals surface area contributed by atoms with E-state index in [4.69, 9.17) is 10.5 Å². The molecule has 1 aliphatic carbocycles. The maximum absolute atomic E-state index is 12.6. The molecule has 0 aromatic heterocycles. The zero-order valence-corrected chi connectivity index (χ0v) is 16.3. The summed E-state index contributed by atoms with van der Waals surface area (Å²) >= 11 is 0. The van der Waals surface area contributed by atoms with Gasteiger partial charge >= 0.3 is 5.97 Å². The Balaban J connectivity index is 1.69. The first kappa shape index (κ1) is 18.7. The summed E-state index contributed by atoms with van der Waals surface area (Å²) < 4.78 is 5.13. The molecule has 4 heteroatoms. The van der Waals surface area contributed by atoms with Crippen LogP contribution < -0.4 is 5.73 Å². The SMILES string of the molecule is C/C=C1\C(c2ccccc2)=CC2CN(C(C(=O)OC)c3ccccc3)CC12N. The first-order valence-corrected chi connectivity index (χ1v) is 9.68. The first-order valence-electron chi connectivity index (χ1n) is 9.68. The molecule has 3 atom stereocenters. The Morgan fingerprint density at radius 2 is 1.82 bits per heavy atom. The smallest absolute Gasteiger partial charge is 0.327 e. The van der Waals surface area contributed by atoms with Crippen LogP contribution in [0.3, 0.4) is 0 Å². The van der Waals surface area contributed by atoms with Crippen molar-refractivity contribution in [2.24, 2.45) is 11.7 Å². The summed E-state index contributed by atoms with van der Waals surface area (Å²) in [6.45, 7) is 3.37. The molecule has 2 aromatic carbocycles. The third-order valence-corrected chi connectivity index (χ3v) is 6.00. The van der Waals surface area contributed by atoms with Gasteiger partial charge in [-0.1, -0.05) is 72.8 Å². The molecule has 2 aromatic rings. The minimum absolute atomic E-state index is 0.157. The maximum atomic E-state index is 12.6. The molecule has 4 nitrogen and oxygen atoms in total. The van der Waals surface area contributed by atoms with E-state index in [1.807, 2.05) is 43.3 Å². The molecule has 1 fully saturated rings. The number of allylic oxidation sites excluding steroid dienone is 1. The van der Waals surface area contributed by atoms with Gasteiger partial charge in [0.2, 0.25) is 0 Å². The summed E-state index contributed by atoms with van der Waals surface area (Å²) in [5.41, 5.74) is 11.0. The van der Waals surface area contributed by atoms with E-state index in [2.05, 4.69) is 41.3 Å². The van der Waals surface area contributed by atoms with Crippen LogP contribution in [0.1, 0.15) is 24.1 Å². The van der Waals surface area contributed by atoms with Gasteiger partial charge in [0.05, 0.1) is 12.6 Å². The Morgan fingerprint density at radius 1 is 1.18 bits per heavy atom. The Bertz CT molecular complexity index is 920. The van der Waals surface area contributed by atoms with Crippen molar-refractivity contribution in [2.45, 2.75) is 18.5 Å². The lowest BCUT2D eigenvalue weighted by molar-refractivity contribution is -0.147. The van der Waals surface area contributed by atoms with E-state index in [1.165, 1.54) is 18.2 Å². The molecule has 0 saturated carbocycles. The van der Waals surface area contributed by atoms with Crippen LogP contribution in [0.25, 0.3) is 5.57 Å². The highest BCUT2D eigenvalue weighted by Crippen LogP contribution is 2.48. The number of carbonyl (C=O) groups excluding carboxylic acids is 1. The number of fused-ring (bicyclic) bond motifs is 1. The molecule has 28 heavy (non-hydrogen) atoms.